The number of esters is 2. The molecule has 10 heteroatoms. The molecule has 0 aliphatic carbocycles. The lowest BCUT2D eigenvalue weighted by Gasteiger charge is -2.19. The van der Waals surface area contributed by atoms with Crippen molar-refractivity contribution in [2.24, 2.45) is 5.73 Å². The van der Waals surface area contributed by atoms with Gasteiger partial charge >= 0.3 is 19.8 Å². The minimum absolute atomic E-state index is 0.0505. The number of hydrogen-bond acceptors (Lipinski definition) is 8. The largest absolute Gasteiger partial charge is 0.472 e. The van der Waals surface area contributed by atoms with Crippen LogP contribution < -0.4 is 5.73 Å². The molecule has 0 aliphatic heterocycles. The Bertz CT molecular complexity index is 1720. The van der Waals surface area contributed by atoms with Crippen LogP contribution in [-0.2, 0) is 32.7 Å². The third kappa shape index (κ3) is 69.9. The summed E-state index contributed by atoms with van der Waals surface area (Å²) in [5, 5.41) is 0. The first-order chi connectivity index (χ1) is 41.8. The maximum absolute atomic E-state index is 12.8. The summed E-state index contributed by atoms with van der Waals surface area (Å²) in [6, 6.07) is 0. The van der Waals surface area contributed by atoms with Crippen LogP contribution in [0, 0.1) is 0 Å². The highest BCUT2D eigenvalue weighted by Crippen LogP contribution is 2.43. The molecule has 0 saturated heterocycles. The van der Waals surface area contributed by atoms with Gasteiger partial charge in [-0.15, -0.1) is 0 Å². The van der Waals surface area contributed by atoms with Crippen LogP contribution in [0.3, 0.4) is 0 Å². The minimum Gasteiger partial charge on any atom is -0.462 e. The fraction of sp³-hybridized carbons (Fsp3) is 0.760. The molecule has 0 spiro atoms. The van der Waals surface area contributed by atoms with Gasteiger partial charge in [-0.1, -0.05) is 342 Å². The van der Waals surface area contributed by atoms with Gasteiger partial charge in [0.1, 0.15) is 6.61 Å². The predicted octanol–water partition coefficient (Wildman–Crippen LogP) is 23.5. The number of allylic oxidation sites excluding steroid dienone is 16. The lowest BCUT2D eigenvalue weighted by molar-refractivity contribution is -0.161. The predicted molar refractivity (Wildman–Crippen MR) is 367 cm³/mol. The highest BCUT2D eigenvalue weighted by Gasteiger charge is 2.26. The van der Waals surface area contributed by atoms with E-state index in [-0.39, 0.29) is 38.6 Å². The number of ether oxygens (including phenoxy) is 2. The van der Waals surface area contributed by atoms with E-state index in [4.69, 9.17) is 24.3 Å². The van der Waals surface area contributed by atoms with E-state index in [2.05, 4.69) is 111 Å². The molecule has 3 N–H and O–H groups in total. The number of hydrogen-bond donors (Lipinski definition) is 2. The van der Waals surface area contributed by atoms with Crippen LogP contribution in [-0.4, -0.2) is 49.3 Å². The van der Waals surface area contributed by atoms with Crippen molar-refractivity contribution in [3.05, 3.63) is 97.2 Å². The summed E-state index contributed by atoms with van der Waals surface area (Å²) >= 11 is 0. The molecular weight excluding hydrogens is 1070 g/mol. The van der Waals surface area contributed by atoms with Crippen molar-refractivity contribution in [1.82, 2.24) is 0 Å². The maximum atomic E-state index is 12.8. The van der Waals surface area contributed by atoms with Crippen molar-refractivity contribution >= 4 is 19.8 Å². The van der Waals surface area contributed by atoms with E-state index in [1.54, 1.807) is 0 Å². The average molecular weight is 1210 g/mol. The van der Waals surface area contributed by atoms with E-state index in [1.165, 1.54) is 205 Å². The Morgan fingerprint density at radius 3 is 0.965 bits per heavy atom. The molecule has 0 rings (SSSR count). The highest BCUT2D eigenvalue weighted by atomic mass is 31.2. The van der Waals surface area contributed by atoms with Gasteiger partial charge in [0.05, 0.1) is 13.2 Å². The minimum atomic E-state index is -4.40. The molecule has 0 amide bonds. The highest BCUT2D eigenvalue weighted by molar-refractivity contribution is 7.47. The molecule has 0 bridgehead atoms. The van der Waals surface area contributed by atoms with Gasteiger partial charge in [-0.05, 0) is 77.0 Å². The smallest absolute Gasteiger partial charge is 0.462 e. The second-order valence-electron chi connectivity index (χ2n) is 23.7. The summed E-state index contributed by atoms with van der Waals surface area (Å²) in [6.45, 7) is 3.67. The van der Waals surface area contributed by atoms with Gasteiger partial charge in [0, 0.05) is 19.4 Å². The normalized spacial score (nSPS) is 13.5. The number of phosphoric ester groups is 1. The molecule has 2 atom stereocenters. The molecule has 9 nitrogen and oxygen atoms in total. The van der Waals surface area contributed by atoms with Gasteiger partial charge in [0.2, 0.25) is 0 Å². The van der Waals surface area contributed by atoms with E-state index < -0.39 is 26.5 Å². The summed E-state index contributed by atoms with van der Waals surface area (Å²) in [4.78, 5) is 35.4. The Balaban J connectivity index is 3.90. The third-order valence-corrected chi connectivity index (χ3v) is 16.5. The monoisotopic (exact) mass is 1210 g/mol. The average Bonchev–Trinajstić information content (AvgIpc) is 3.52. The standard InChI is InChI=1S/C75H134NO8P/c1-3-5-7-9-11-13-15-17-19-21-23-25-27-29-31-33-34-35-36-37-38-40-42-44-46-48-50-52-54-56-58-60-62-64-66-68-75(78)84-73(72-83-85(79,80)82-70-69-76)71-81-74(77)67-65-63-61-59-57-55-53-51-49-47-45-43-41-39-32-30-28-26-24-22-20-18-16-14-12-10-8-6-4-2/h5,7,11,13,17,19,23,25,29,31,34-35,37-38,42,44,73H,3-4,6,8-10,12,14-16,18,20-22,24,26-28,30,32-33,36,39-41,43,45-72,76H2,1-2H3,(H,79,80)/b7-5-,13-11-,19-17-,25-23-,31-29-,35-34-,38-37-,44-42-. The third-order valence-electron chi connectivity index (χ3n) is 15.5. The van der Waals surface area contributed by atoms with Crippen molar-refractivity contribution in [2.45, 2.75) is 341 Å². The van der Waals surface area contributed by atoms with Crippen LogP contribution in [0.4, 0.5) is 0 Å². The zero-order valence-electron chi connectivity index (χ0n) is 55.3. The van der Waals surface area contributed by atoms with Crippen LogP contribution in [0.1, 0.15) is 335 Å². The van der Waals surface area contributed by atoms with Gasteiger partial charge in [-0.2, -0.15) is 0 Å². The Labute approximate surface area is 525 Å². The lowest BCUT2D eigenvalue weighted by atomic mass is 10.0. The molecule has 0 aliphatic rings. The summed E-state index contributed by atoms with van der Waals surface area (Å²) in [6.07, 6.45) is 95.0. The molecule has 0 fully saturated rings. The molecule has 0 heterocycles. The van der Waals surface area contributed by atoms with Crippen molar-refractivity contribution in [3.63, 3.8) is 0 Å². The number of unbranched alkanes of at least 4 members (excludes halogenated alkanes) is 38. The first-order valence-corrected chi connectivity index (χ1v) is 37.2. The van der Waals surface area contributed by atoms with E-state index in [0.717, 1.165) is 96.3 Å². The molecule has 492 valence electrons. The lowest BCUT2D eigenvalue weighted by Crippen LogP contribution is -2.29. The molecule has 0 aromatic rings. The van der Waals surface area contributed by atoms with Crippen LogP contribution in [0.25, 0.3) is 0 Å². The Kier molecular flexibility index (Phi) is 67.5. The second kappa shape index (κ2) is 70.0. The number of nitrogens with two attached hydrogens (primary N) is 1. The van der Waals surface area contributed by atoms with E-state index in [1.807, 2.05) is 0 Å². The summed E-state index contributed by atoms with van der Waals surface area (Å²) < 4.78 is 33.2. The molecule has 0 saturated carbocycles. The Morgan fingerprint density at radius 1 is 0.365 bits per heavy atom. The van der Waals surface area contributed by atoms with Gasteiger partial charge < -0.3 is 20.1 Å². The van der Waals surface area contributed by atoms with Crippen molar-refractivity contribution in [1.29, 1.82) is 0 Å². The van der Waals surface area contributed by atoms with Crippen LogP contribution in [0.15, 0.2) is 97.2 Å². The Hall–Kier alpha value is -3.07. The fourth-order valence-corrected chi connectivity index (χ4v) is 11.0. The number of phosphoric acid groups is 1. The van der Waals surface area contributed by atoms with Gasteiger partial charge in [0.15, 0.2) is 6.10 Å². The summed E-state index contributed by atoms with van der Waals surface area (Å²) in [5.41, 5.74) is 5.40. The number of carbonyl (C=O) groups is 2. The molecule has 2 unspecified atom stereocenters. The molecule has 85 heavy (non-hydrogen) atoms. The molecule has 0 aromatic carbocycles. The molecule has 0 radical (unpaired) electrons. The molecule has 0 aromatic heterocycles. The van der Waals surface area contributed by atoms with Gasteiger partial charge in [0.25, 0.3) is 0 Å². The second-order valence-corrected chi connectivity index (χ2v) is 25.2. The van der Waals surface area contributed by atoms with Gasteiger partial charge in [-0.25, -0.2) is 4.57 Å². The fourth-order valence-electron chi connectivity index (χ4n) is 10.2. The first kappa shape index (κ1) is 81.9. The van der Waals surface area contributed by atoms with Crippen LogP contribution in [0.2, 0.25) is 0 Å². The van der Waals surface area contributed by atoms with Crippen LogP contribution in [0.5, 0.6) is 0 Å². The SMILES string of the molecule is CC/C=C\C/C=C\C/C=C\C/C=C\C/C=C\C/C=C\C/C=C\C/C=C\CCCCCCCCCCCCC(=O)OC(COC(=O)CCCCCCCCCCCCCCCCCCCCCCCCCCCCCCC)COP(=O)(O)OCCN. The van der Waals surface area contributed by atoms with Crippen molar-refractivity contribution in [2.75, 3.05) is 26.4 Å². The molecular formula is C75H134NO8P. The van der Waals surface area contributed by atoms with Crippen molar-refractivity contribution < 1.29 is 37.6 Å². The zero-order valence-corrected chi connectivity index (χ0v) is 56.2. The summed E-state index contributed by atoms with van der Waals surface area (Å²) in [7, 11) is -4.40. The maximum Gasteiger partial charge on any atom is 0.472 e. The van der Waals surface area contributed by atoms with E-state index in [0.29, 0.717) is 6.42 Å². The van der Waals surface area contributed by atoms with Crippen molar-refractivity contribution in [3.8, 4) is 0 Å². The topological polar surface area (TPSA) is 134 Å². The Morgan fingerprint density at radius 2 is 0.647 bits per heavy atom. The van der Waals surface area contributed by atoms with Crippen LogP contribution >= 0.6 is 7.82 Å². The first-order valence-electron chi connectivity index (χ1n) is 35.7. The quantitative estimate of drug-likeness (QED) is 0.0264. The summed E-state index contributed by atoms with van der Waals surface area (Å²) in [5.74, 6) is -0.822. The number of carbonyl (C=O) groups excluding carboxylic acids is 2. The van der Waals surface area contributed by atoms with Gasteiger partial charge in [-0.3, -0.25) is 18.6 Å². The zero-order chi connectivity index (χ0) is 61.6. The van der Waals surface area contributed by atoms with E-state index in [9.17, 15) is 19.0 Å². The van der Waals surface area contributed by atoms with E-state index >= 15 is 0 Å². The number of rotatable bonds is 67.